The summed E-state index contributed by atoms with van der Waals surface area (Å²) >= 11 is 0. The van der Waals surface area contributed by atoms with Crippen molar-refractivity contribution in [3.05, 3.63) is 23.8 Å². The lowest BCUT2D eigenvalue weighted by Crippen LogP contribution is -2.39. The number of benzene rings is 1. The first-order valence-electron chi connectivity index (χ1n) is 9.88. The van der Waals surface area contributed by atoms with Gasteiger partial charge >= 0.3 is 0 Å². The second-order valence-corrected chi connectivity index (χ2v) is 7.17. The Kier molecular flexibility index (Phi) is 7.06. The zero-order valence-corrected chi connectivity index (χ0v) is 16.1. The van der Waals surface area contributed by atoms with E-state index in [0.717, 1.165) is 38.4 Å². The summed E-state index contributed by atoms with van der Waals surface area (Å²) in [5.41, 5.74) is 2.19. The first kappa shape index (κ1) is 19.6. The molecule has 0 aliphatic carbocycles. The quantitative estimate of drug-likeness (QED) is 0.793. The maximum atomic E-state index is 12.8. The molecule has 148 valence electrons. The molecule has 0 spiro atoms. The van der Waals surface area contributed by atoms with Crippen molar-refractivity contribution in [3.63, 3.8) is 0 Å². The third kappa shape index (κ3) is 5.68. The van der Waals surface area contributed by atoms with E-state index in [9.17, 15) is 9.59 Å². The van der Waals surface area contributed by atoms with Gasteiger partial charge in [0, 0.05) is 38.8 Å². The molecule has 3 rings (SSSR count). The van der Waals surface area contributed by atoms with E-state index in [2.05, 4.69) is 20.4 Å². The van der Waals surface area contributed by atoms with E-state index in [-0.39, 0.29) is 11.8 Å². The predicted octanol–water partition coefficient (Wildman–Crippen LogP) is 1.70. The molecule has 0 atom stereocenters. The highest BCUT2D eigenvalue weighted by Crippen LogP contribution is 2.26. The van der Waals surface area contributed by atoms with Gasteiger partial charge in [-0.1, -0.05) is 6.42 Å². The van der Waals surface area contributed by atoms with E-state index >= 15 is 0 Å². The molecule has 7 nitrogen and oxygen atoms in total. The van der Waals surface area contributed by atoms with Crippen molar-refractivity contribution in [2.24, 2.45) is 0 Å². The highest BCUT2D eigenvalue weighted by molar-refractivity contribution is 6.01. The van der Waals surface area contributed by atoms with Crippen molar-refractivity contribution >= 4 is 23.2 Å². The number of nitrogens with one attached hydrogen (secondary N) is 2. The lowest BCUT2D eigenvalue weighted by atomic mass is 10.1. The summed E-state index contributed by atoms with van der Waals surface area (Å²) in [7, 11) is 0. The van der Waals surface area contributed by atoms with E-state index in [4.69, 9.17) is 4.74 Å². The van der Waals surface area contributed by atoms with Crippen LogP contribution in [0.1, 0.15) is 36.5 Å². The van der Waals surface area contributed by atoms with Crippen molar-refractivity contribution in [3.8, 4) is 0 Å². The Morgan fingerprint density at radius 1 is 1.07 bits per heavy atom. The maximum Gasteiger partial charge on any atom is 0.253 e. The van der Waals surface area contributed by atoms with Crippen molar-refractivity contribution in [1.82, 2.24) is 10.2 Å². The summed E-state index contributed by atoms with van der Waals surface area (Å²) < 4.78 is 5.43. The number of carbonyl (C=O) groups is 2. The monoisotopic (exact) mass is 374 g/mol. The van der Waals surface area contributed by atoms with Crippen LogP contribution in [0.15, 0.2) is 18.2 Å². The molecule has 0 radical (unpaired) electrons. The molecule has 2 N–H and O–H groups in total. The molecule has 2 amide bonds. The first-order chi connectivity index (χ1) is 13.1. The van der Waals surface area contributed by atoms with Crippen LogP contribution in [0.25, 0.3) is 0 Å². The Bertz CT molecular complexity index is 653. The van der Waals surface area contributed by atoms with Gasteiger partial charge in [0.1, 0.15) is 0 Å². The number of anilines is 2. The number of amides is 2. The van der Waals surface area contributed by atoms with E-state index in [1.54, 1.807) is 12.1 Å². The highest BCUT2D eigenvalue weighted by atomic mass is 16.5. The van der Waals surface area contributed by atoms with Crippen LogP contribution in [-0.2, 0) is 9.53 Å². The number of nitrogens with zero attached hydrogens (tertiary/aromatic N) is 2. The highest BCUT2D eigenvalue weighted by Gasteiger charge is 2.20. The van der Waals surface area contributed by atoms with Gasteiger partial charge < -0.3 is 25.2 Å². The van der Waals surface area contributed by atoms with E-state index in [1.165, 1.54) is 26.2 Å². The summed E-state index contributed by atoms with van der Waals surface area (Å²) in [6, 6.07) is 5.46. The normalized spacial score (nSPS) is 18.2. The summed E-state index contributed by atoms with van der Waals surface area (Å²) in [5, 5.41) is 5.86. The molecule has 2 aliphatic rings. The van der Waals surface area contributed by atoms with Crippen LogP contribution in [0.2, 0.25) is 0 Å². The number of morpholine rings is 1. The Morgan fingerprint density at radius 3 is 2.52 bits per heavy atom. The van der Waals surface area contributed by atoms with Crippen molar-refractivity contribution in [2.75, 3.05) is 62.7 Å². The number of carbonyl (C=O) groups excluding carboxylic acids is 2. The van der Waals surface area contributed by atoms with Crippen LogP contribution in [0.3, 0.4) is 0 Å². The Hall–Kier alpha value is -2.12. The molecule has 0 bridgehead atoms. The molecule has 2 aliphatic heterocycles. The Labute approximate surface area is 161 Å². The number of piperidine rings is 1. The van der Waals surface area contributed by atoms with Gasteiger partial charge in [0.15, 0.2) is 0 Å². The number of ether oxygens (including phenoxy) is 1. The third-order valence-electron chi connectivity index (χ3n) is 5.08. The zero-order valence-electron chi connectivity index (χ0n) is 16.1. The third-order valence-corrected chi connectivity index (χ3v) is 5.08. The molecule has 7 heteroatoms. The van der Waals surface area contributed by atoms with Gasteiger partial charge in [-0.15, -0.1) is 0 Å². The molecule has 2 heterocycles. The first-order valence-corrected chi connectivity index (χ1v) is 9.88. The topological polar surface area (TPSA) is 73.9 Å². The average Bonchev–Trinajstić information content (AvgIpc) is 2.69. The van der Waals surface area contributed by atoms with E-state index < -0.39 is 0 Å². The Balaban J connectivity index is 1.67. The largest absolute Gasteiger partial charge is 0.378 e. The van der Waals surface area contributed by atoms with Gasteiger partial charge in [-0.3, -0.25) is 9.59 Å². The van der Waals surface area contributed by atoms with Gasteiger partial charge in [-0.25, -0.2) is 0 Å². The summed E-state index contributed by atoms with van der Waals surface area (Å²) in [4.78, 5) is 28.7. The minimum absolute atomic E-state index is 0.0668. The van der Waals surface area contributed by atoms with E-state index in [1.807, 2.05) is 6.07 Å². The molecule has 27 heavy (non-hydrogen) atoms. The van der Waals surface area contributed by atoms with Crippen molar-refractivity contribution in [2.45, 2.75) is 26.2 Å². The van der Waals surface area contributed by atoms with Gasteiger partial charge in [-0.2, -0.15) is 0 Å². The summed E-state index contributed by atoms with van der Waals surface area (Å²) in [5.74, 6) is -0.190. The van der Waals surface area contributed by atoms with Crippen molar-refractivity contribution in [1.29, 1.82) is 0 Å². The van der Waals surface area contributed by atoms with Crippen LogP contribution in [0.5, 0.6) is 0 Å². The predicted molar refractivity (Wildman–Crippen MR) is 106 cm³/mol. The second kappa shape index (κ2) is 9.71. The van der Waals surface area contributed by atoms with Gasteiger partial charge in [0.05, 0.1) is 24.5 Å². The average molecular weight is 374 g/mol. The summed E-state index contributed by atoms with van der Waals surface area (Å²) in [6.07, 6.45) is 3.81. The number of rotatable bonds is 6. The van der Waals surface area contributed by atoms with E-state index in [0.29, 0.717) is 31.0 Å². The van der Waals surface area contributed by atoms with Gasteiger partial charge in [0.25, 0.3) is 5.91 Å². The molecule has 0 unspecified atom stereocenters. The molecular formula is C20H30N4O3. The SMILES string of the molecule is CC(=O)Nc1ccc(C(=O)NCCN2CCCCC2)c(N2CCOCC2)c1. The number of likely N-dealkylation sites (tertiary alicyclic amines) is 1. The fourth-order valence-electron chi connectivity index (χ4n) is 3.68. The molecule has 0 aromatic heterocycles. The van der Waals surface area contributed by atoms with Gasteiger partial charge in [-0.05, 0) is 44.1 Å². The fourth-order valence-corrected chi connectivity index (χ4v) is 3.68. The van der Waals surface area contributed by atoms with Crippen LogP contribution >= 0.6 is 0 Å². The molecule has 2 saturated heterocycles. The van der Waals surface area contributed by atoms with Crippen LogP contribution < -0.4 is 15.5 Å². The lowest BCUT2D eigenvalue weighted by molar-refractivity contribution is -0.114. The second-order valence-electron chi connectivity index (χ2n) is 7.17. The number of hydrogen-bond donors (Lipinski definition) is 2. The zero-order chi connectivity index (χ0) is 19.1. The minimum atomic E-state index is -0.123. The van der Waals surface area contributed by atoms with Gasteiger partial charge in [0.2, 0.25) is 5.91 Å². The Morgan fingerprint density at radius 2 is 1.81 bits per heavy atom. The molecule has 2 fully saturated rings. The fraction of sp³-hybridized carbons (Fsp3) is 0.600. The standard InChI is InChI=1S/C20H30N4O3/c1-16(25)22-17-5-6-18(19(15-17)24-11-13-27-14-12-24)20(26)21-7-10-23-8-3-2-4-9-23/h5-6,15H,2-4,7-14H2,1H3,(H,21,26)(H,22,25). The smallest absolute Gasteiger partial charge is 0.253 e. The molecular weight excluding hydrogens is 344 g/mol. The summed E-state index contributed by atoms with van der Waals surface area (Å²) in [6.45, 7) is 8.02. The maximum absolute atomic E-state index is 12.8. The molecule has 1 aromatic carbocycles. The minimum Gasteiger partial charge on any atom is -0.378 e. The lowest BCUT2D eigenvalue weighted by Gasteiger charge is -2.31. The van der Waals surface area contributed by atoms with Crippen molar-refractivity contribution < 1.29 is 14.3 Å². The number of hydrogen-bond acceptors (Lipinski definition) is 5. The van der Waals surface area contributed by atoms with Crippen LogP contribution in [-0.4, -0.2) is 69.2 Å². The molecule has 0 saturated carbocycles. The molecule has 1 aromatic rings. The van der Waals surface area contributed by atoms with Crippen LogP contribution in [0, 0.1) is 0 Å². The van der Waals surface area contributed by atoms with Crippen LogP contribution in [0.4, 0.5) is 11.4 Å².